The lowest BCUT2D eigenvalue weighted by molar-refractivity contribution is 0.0455. The molecule has 0 aliphatic rings. The van der Waals surface area contributed by atoms with Crippen molar-refractivity contribution < 1.29 is 5.11 Å². The van der Waals surface area contributed by atoms with E-state index < -0.39 is 5.60 Å². The summed E-state index contributed by atoms with van der Waals surface area (Å²) in [6, 6.07) is 0. The van der Waals surface area contributed by atoms with Gasteiger partial charge in [0, 0.05) is 19.6 Å². The van der Waals surface area contributed by atoms with Crippen molar-refractivity contribution in [2.24, 2.45) is 0 Å². The Morgan fingerprint density at radius 1 is 1.10 bits per heavy atom. The van der Waals surface area contributed by atoms with Gasteiger partial charge >= 0.3 is 0 Å². The van der Waals surface area contributed by atoms with Gasteiger partial charge < -0.3 is 15.3 Å². The summed E-state index contributed by atoms with van der Waals surface area (Å²) in [7, 11) is 0. The molecule has 2 N–H and O–H groups in total. The number of hydrogen-bond acceptors (Lipinski definition) is 6. The zero-order valence-electron chi connectivity index (χ0n) is 12.6. The predicted molar refractivity (Wildman–Crippen MR) is 82.4 cm³/mol. The molecule has 0 bridgehead atoms. The molecule has 0 atom stereocenters. The summed E-state index contributed by atoms with van der Waals surface area (Å²) >= 11 is 5.93. The van der Waals surface area contributed by atoms with Gasteiger partial charge in [-0.05, 0) is 38.3 Å². The summed E-state index contributed by atoms with van der Waals surface area (Å²) in [4.78, 5) is 14.5. The van der Waals surface area contributed by atoms with Crippen LogP contribution >= 0.6 is 11.6 Å². The van der Waals surface area contributed by atoms with E-state index in [2.05, 4.69) is 20.3 Å². The Morgan fingerprint density at radius 3 is 2.20 bits per heavy atom. The van der Waals surface area contributed by atoms with E-state index in [0.717, 1.165) is 13.1 Å². The van der Waals surface area contributed by atoms with Crippen LogP contribution < -0.4 is 10.2 Å². The zero-order chi connectivity index (χ0) is 15.2. The van der Waals surface area contributed by atoms with Crippen molar-refractivity contribution in [1.29, 1.82) is 0 Å². The molecule has 0 fully saturated rings. The smallest absolute Gasteiger partial charge is 0.231 e. The highest BCUT2D eigenvalue weighted by Crippen LogP contribution is 2.17. The lowest BCUT2D eigenvalue weighted by Gasteiger charge is -2.25. The lowest BCUT2D eigenvalue weighted by atomic mass is 9.98. The Bertz CT molecular complexity index is 421. The van der Waals surface area contributed by atoms with Crippen LogP contribution in [0.2, 0.25) is 5.28 Å². The molecule has 0 saturated heterocycles. The largest absolute Gasteiger partial charge is 0.388 e. The summed E-state index contributed by atoms with van der Waals surface area (Å²) in [6.45, 7) is 9.94. The minimum Gasteiger partial charge on any atom is -0.388 e. The number of anilines is 2. The first-order valence-corrected chi connectivity index (χ1v) is 7.48. The molecule has 1 aromatic heterocycles. The Hall–Kier alpha value is -1.14. The van der Waals surface area contributed by atoms with Crippen LogP contribution in [0, 0.1) is 0 Å². The van der Waals surface area contributed by atoms with Gasteiger partial charge in [0.1, 0.15) is 0 Å². The maximum atomic E-state index is 10.3. The van der Waals surface area contributed by atoms with Crippen molar-refractivity contribution >= 4 is 23.5 Å². The highest BCUT2D eigenvalue weighted by atomic mass is 35.5. The molecule has 0 saturated carbocycles. The molecule has 1 aromatic rings. The third-order valence-electron chi connectivity index (χ3n) is 3.53. The van der Waals surface area contributed by atoms with Crippen LogP contribution in [0.25, 0.3) is 0 Å². The van der Waals surface area contributed by atoms with E-state index in [1.54, 1.807) is 0 Å². The van der Waals surface area contributed by atoms with E-state index in [0.29, 0.717) is 31.3 Å². The Labute approximate surface area is 125 Å². The van der Waals surface area contributed by atoms with Gasteiger partial charge in [-0.15, -0.1) is 0 Å². The highest BCUT2D eigenvalue weighted by molar-refractivity contribution is 6.28. The maximum absolute atomic E-state index is 10.3. The van der Waals surface area contributed by atoms with Gasteiger partial charge in [0.15, 0.2) is 0 Å². The van der Waals surface area contributed by atoms with Crippen LogP contribution in [-0.2, 0) is 0 Å². The Morgan fingerprint density at radius 2 is 1.70 bits per heavy atom. The van der Waals surface area contributed by atoms with Crippen molar-refractivity contribution in [3.8, 4) is 0 Å². The molecule has 1 heterocycles. The van der Waals surface area contributed by atoms with Gasteiger partial charge in [-0.3, -0.25) is 0 Å². The first-order valence-electron chi connectivity index (χ1n) is 7.10. The van der Waals surface area contributed by atoms with Crippen molar-refractivity contribution in [3.05, 3.63) is 5.28 Å². The van der Waals surface area contributed by atoms with Crippen molar-refractivity contribution in [2.75, 3.05) is 29.9 Å². The van der Waals surface area contributed by atoms with Crippen LogP contribution in [0.4, 0.5) is 11.9 Å². The van der Waals surface area contributed by atoms with Crippen LogP contribution in [0.5, 0.6) is 0 Å². The van der Waals surface area contributed by atoms with Crippen molar-refractivity contribution in [2.45, 2.75) is 46.1 Å². The average molecular weight is 302 g/mol. The van der Waals surface area contributed by atoms with E-state index in [9.17, 15) is 5.11 Å². The molecule has 20 heavy (non-hydrogen) atoms. The average Bonchev–Trinajstić information content (AvgIpc) is 2.46. The molecule has 0 unspecified atom stereocenters. The second-order valence-electron chi connectivity index (χ2n) is 4.69. The Balaban J connectivity index is 2.86. The molecule has 0 radical (unpaired) electrons. The van der Waals surface area contributed by atoms with Crippen molar-refractivity contribution in [3.63, 3.8) is 0 Å². The summed E-state index contributed by atoms with van der Waals surface area (Å²) in [5, 5.41) is 13.5. The highest BCUT2D eigenvalue weighted by Gasteiger charge is 2.22. The normalized spacial score (nSPS) is 11.5. The molecule has 6 nitrogen and oxygen atoms in total. The van der Waals surface area contributed by atoms with E-state index in [1.807, 2.05) is 32.6 Å². The van der Waals surface area contributed by atoms with Crippen LogP contribution in [0.3, 0.4) is 0 Å². The van der Waals surface area contributed by atoms with Gasteiger partial charge in [-0.25, -0.2) is 0 Å². The maximum Gasteiger partial charge on any atom is 0.231 e. The third kappa shape index (κ3) is 4.45. The minimum absolute atomic E-state index is 0.154. The number of halogens is 1. The molecule has 1 rings (SSSR count). The number of nitrogens with one attached hydrogen (secondary N) is 1. The van der Waals surface area contributed by atoms with E-state index in [-0.39, 0.29) is 5.28 Å². The molecule has 0 aliphatic heterocycles. The molecule has 0 amide bonds. The summed E-state index contributed by atoms with van der Waals surface area (Å²) in [5.74, 6) is 0.946. The second kappa shape index (κ2) is 7.59. The fraction of sp³-hybridized carbons (Fsp3) is 0.769. The molecule has 0 spiro atoms. The second-order valence-corrected chi connectivity index (χ2v) is 5.02. The predicted octanol–water partition coefficient (Wildman–Crippen LogP) is 2.33. The quantitative estimate of drug-likeness (QED) is 0.768. The van der Waals surface area contributed by atoms with Crippen LogP contribution in [0.15, 0.2) is 0 Å². The van der Waals surface area contributed by atoms with Crippen LogP contribution in [0.1, 0.15) is 40.5 Å². The third-order valence-corrected chi connectivity index (χ3v) is 3.70. The molecular formula is C13H24ClN5O. The lowest BCUT2D eigenvalue weighted by Crippen LogP contribution is -2.36. The van der Waals surface area contributed by atoms with E-state index >= 15 is 0 Å². The number of rotatable bonds is 8. The first-order chi connectivity index (χ1) is 9.47. The van der Waals surface area contributed by atoms with Gasteiger partial charge in [-0.1, -0.05) is 13.8 Å². The molecule has 7 heteroatoms. The Kier molecular flexibility index (Phi) is 6.42. The SMILES string of the molecule is CCN(CC)c1nc(Cl)nc(NCC(O)(CC)CC)n1. The number of nitrogens with zero attached hydrogens (tertiary/aromatic N) is 4. The molecule has 0 aliphatic carbocycles. The van der Waals surface area contributed by atoms with Crippen molar-refractivity contribution in [1.82, 2.24) is 15.0 Å². The van der Waals surface area contributed by atoms with E-state index in [4.69, 9.17) is 11.6 Å². The number of aliphatic hydroxyl groups is 1. The zero-order valence-corrected chi connectivity index (χ0v) is 13.4. The topological polar surface area (TPSA) is 74.2 Å². The first kappa shape index (κ1) is 16.9. The summed E-state index contributed by atoms with van der Waals surface area (Å²) in [5.41, 5.74) is -0.755. The standard InChI is InChI=1S/C13H24ClN5O/c1-5-13(20,6-2)9-15-11-16-10(14)17-12(18-11)19(7-3)8-4/h20H,5-9H2,1-4H3,(H,15,16,17,18). The van der Waals surface area contributed by atoms with Crippen LogP contribution in [-0.4, -0.2) is 45.3 Å². The van der Waals surface area contributed by atoms with E-state index in [1.165, 1.54) is 0 Å². The van der Waals surface area contributed by atoms with Gasteiger partial charge in [0.25, 0.3) is 0 Å². The molecule has 114 valence electrons. The summed E-state index contributed by atoms with van der Waals surface area (Å²) in [6.07, 6.45) is 1.33. The molecular weight excluding hydrogens is 278 g/mol. The minimum atomic E-state index is -0.755. The fourth-order valence-electron chi connectivity index (χ4n) is 1.81. The molecule has 0 aromatic carbocycles. The van der Waals surface area contributed by atoms with Gasteiger partial charge in [0.2, 0.25) is 17.2 Å². The van der Waals surface area contributed by atoms with Gasteiger partial charge in [-0.2, -0.15) is 15.0 Å². The monoisotopic (exact) mass is 301 g/mol. The van der Waals surface area contributed by atoms with Gasteiger partial charge in [0.05, 0.1) is 5.60 Å². The number of hydrogen-bond donors (Lipinski definition) is 2. The fourth-order valence-corrected chi connectivity index (χ4v) is 1.97. The summed E-state index contributed by atoms with van der Waals surface area (Å²) < 4.78 is 0. The number of aromatic nitrogens is 3.